The van der Waals surface area contributed by atoms with Gasteiger partial charge < -0.3 is 15.0 Å². The molecule has 7 nitrogen and oxygen atoms in total. The summed E-state index contributed by atoms with van der Waals surface area (Å²) in [5.74, 6) is -0.228. The lowest BCUT2D eigenvalue weighted by molar-refractivity contribution is -0.123. The molecular weight excluding hydrogens is 320 g/mol. The second-order valence-electron chi connectivity index (χ2n) is 6.48. The average Bonchev–Trinajstić information content (AvgIpc) is 2.92. The molecule has 25 heavy (non-hydrogen) atoms. The van der Waals surface area contributed by atoms with E-state index in [1.165, 1.54) is 4.68 Å². The molecule has 1 aromatic carbocycles. The van der Waals surface area contributed by atoms with E-state index in [2.05, 4.69) is 15.3 Å². The molecule has 3 rings (SSSR count). The first-order valence-corrected chi connectivity index (χ1v) is 8.55. The first kappa shape index (κ1) is 17.6. The molecule has 0 spiro atoms. The average molecular weight is 344 g/mol. The number of nitrogens with one attached hydrogen (secondary N) is 1. The van der Waals surface area contributed by atoms with Crippen molar-refractivity contribution in [3.63, 3.8) is 0 Å². The third kappa shape index (κ3) is 3.72. The summed E-state index contributed by atoms with van der Waals surface area (Å²) < 4.78 is 6.93. The molecule has 0 aliphatic carbocycles. The molecule has 2 heterocycles. The Kier molecular flexibility index (Phi) is 5.15. The fraction of sp³-hybridized carbons (Fsp3) is 0.500. The van der Waals surface area contributed by atoms with Crippen LogP contribution in [0.15, 0.2) is 29.1 Å². The molecule has 134 valence electrons. The summed E-state index contributed by atoms with van der Waals surface area (Å²) in [7, 11) is 2.00. The Morgan fingerprint density at radius 1 is 1.32 bits per heavy atom. The fourth-order valence-electron chi connectivity index (χ4n) is 3.38. The minimum atomic E-state index is -0.249. The zero-order valence-corrected chi connectivity index (χ0v) is 14.9. The number of amides is 1. The summed E-state index contributed by atoms with van der Waals surface area (Å²) in [4.78, 5) is 27.1. The van der Waals surface area contributed by atoms with Crippen LogP contribution < -0.4 is 10.9 Å². The zero-order chi connectivity index (χ0) is 18.0. The number of nitrogens with zero attached hydrogens (tertiary/aromatic N) is 3. The standard InChI is InChI=1S/C18H24N4O3/c1-4-25-16-10-21(3)9-15(16)19-17(23)11-22-18(24)14-8-6-5-7-13(14)12(2)20-22/h5-8,15-16H,4,9-11H2,1-3H3,(H,19,23)/t15-,16-/m0/s1. The van der Waals surface area contributed by atoms with Gasteiger partial charge in [0, 0.05) is 25.1 Å². The zero-order valence-electron chi connectivity index (χ0n) is 14.9. The van der Waals surface area contributed by atoms with Gasteiger partial charge in [-0.3, -0.25) is 9.59 Å². The van der Waals surface area contributed by atoms with Crippen molar-refractivity contribution in [3.05, 3.63) is 40.3 Å². The number of fused-ring (bicyclic) bond motifs is 1. The van der Waals surface area contributed by atoms with Gasteiger partial charge in [0.25, 0.3) is 5.56 Å². The highest BCUT2D eigenvalue weighted by molar-refractivity contribution is 5.83. The van der Waals surface area contributed by atoms with Crippen LogP contribution in [0.25, 0.3) is 10.8 Å². The normalized spacial score (nSPS) is 20.9. The van der Waals surface area contributed by atoms with E-state index < -0.39 is 0 Å². The number of ether oxygens (including phenoxy) is 1. The maximum atomic E-state index is 12.6. The SMILES string of the molecule is CCO[C@H]1CN(C)C[C@@H]1NC(=O)Cn1nc(C)c2ccccc2c1=O. The molecule has 2 atom stereocenters. The largest absolute Gasteiger partial charge is 0.375 e. The van der Waals surface area contributed by atoms with Gasteiger partial charge >= 0.3 is 0 Å². The number of hydrogen-bond donors (Lipinski definition) is 1. The monoisotopic (exact) mass is 344 g/mol. The Morgan fingerprint density at radius 3 is 2.76 bits per heavy atom. The van der Waals surface area contributed by atoms with Crippen molar-refractivity contribution in [1.82, 2.24) is 20.0 Å². The number of carbonyl (C=O) groups is 1. The topological polar surface area (TPSA) is 76.5 Å². The maximum Gasteiger partial charge on any atom is 0.275 e. The van der Waals surface area contributed by atoms with E-state index in [1.54, 1.807) is 6.07 Å². The van der Waals surface area contributed by atoms with Gasteiger partial charge in [0.2, 0.25) is 5.91 Å². The van der Waals surface area contributed by atoms with Crippen LogP contribution in [0.4, 0.5) is 0 Å². The van der Waals surface area contributed by atoms with Crippen molar-refractivity contribution in [2.24, 2.45) is 0 Å². The molecule has 7 heteroatoms. The molecule has 0 radical (unpaired) electrons. The number of carbonyl (C=O) groups excluding carboxylic acids is 1. The smallest absolute Gasteiger partial charge is 0.275 e. The van der Waals surface area contributed by atoms with E-state index in [0.29, 0.717) is 12.0 Å². The summed E-state index contributed by atoms with van der Waals surface area (Å²) in [6.45, 7) is 5.81. The van der Waals surface area contributed by atoms with E-state index in [1.807, 2.05) is 39.1 Å². The number of aromatic nitrogens is 2. The van der Waals surface area contributed by atoms with Gasteiger partial charge in [0.05, 0.1) is 23.2 Å². The lowest BCUT2D eigenvalue weighted by atomic mass is 10.1. The summed E-state index contributed by atoms with van der Waals surface area (Å²) in [5.41, 5.74) is 0.483. The number of aryl methyl sites for hydroxylation is 1. The highest BCUT2D eigenvalue weighted by atomic mass is 16.5. The summed E-state index contributed by atoms with van der Waals surface area (Å²) in [5, 5.41) is 8.67. The Bertz CT molecular complexity index is 833. The molecule has 0 unspecified atom stereocenters. The van der Waals surface area contributed by atoms with Crippen LogP contribution >= 0.6 is 0 Å². The van der Waals surface area contributed by atoms with Crippen molar-refractivity contribution in [2.45, 2.75) is 32.5 Å². The van der Waals surface area contributed by atoms with E-state index >= 15 is 0 Å². The molecule has 0 bridgehead atoms. The van der Waals surface area contributed by atoms with Gasteiger partial charge in [-0.15, -0.1) is 0 Å². The van der Waals surface area contributed by atoms with E-state index in [-0.39, 0.29) is 30.2 Å². The molecule has 1 aromatic heterocycles. The predicted octanol–water partition coefficient (Wildman–Crippen LogP) is 0.540. The molecular formula is C18H24N4O3. The lowest BCUT2D eigenvalue weighted by Crippen LogP contribution is -2.46. The molecule has 0 saturated carbocycles. The van der Waals surface area contributed by atoms with Gasteiger partial charge in [-0.05, 0) is 27.0 Å². The Morgan fingerprint density at radius 2 is 2.04 bits per heavy atom. The molecule has 1 amide bonds. The Balaban J connectivity index is 1.76. The van der Waals surface area contributed by atoms with Crippen molar-refractivity contribution in [1.29, 1.82) is 0 Å². The minimum Gasteiger partial charge on any atom is -0.375 e. The second kappa shape index (κ2) is 7.33. The molecule has 1 aliphatic rings. The molecule has 1 saturated heterocycles. The third-order valence-electron chi connectivity index (χ3n) is 4.52. The van der Waals surface area contributed by atoms with Gasteiger partial charge in [-0.25, -0.2) is 4.68 Å². The number of hydrogen-bond acceptors (Lipinski definition) is 5. The fourth-order valence-corrected chi connectivity index (χ4v) is 3.38. The van der Waals surface area contributed by atoms with Crippen molar-refractivity contribution >= 4 is 16.7 Å². The van der Waals surface area contributed by atoms with Crippen LogP contribution in [0.3, 0.4) is 0 Å². The summed E-state index contributed by atoms with van der Waals surface area (Å²) in [6, 6.07) is 7.24. The van der Waals surface area contributed by atoms with Crippen LogP contribution in [-0.4, -0.2) is 59.5 Å². The first-order chi connectivity index (χ1) is 12.0. The third-order valence-corrected chi connectivity index (χ3v) is 4.52. The molecule has 1 N–H and O–H groups in total. The number of likely N-dealkylation sites (tertiary alicyclic amines) is 1. The number of likely N-dealkylation sites (N-methyl/N-ethyl adjacent to an activating group) is 1. The van der Waals surface area contributed by atoms with Gasteiger partial charge in [0.1, 0.15) is 6.54 Å². The van der Waals surface area contributed by atoms with Gasteiger partial charge in [-0.1, -0.05) is 18.2 Å². The highest BCUT2D eigenvalue weighted by Gasteiger charge is 2.32. The minimum absolute atomic E-state index is 0.0260. The first-order valence-electron chi connectivity index (χ1n) is 8.55. The van der Waals surface area contributed by atoms with Crippen LogP contribution in [-0.2, 0) is 16.1 Å². The van der Waals surface area contributed by atoms with Crippen LogP contribution in [0, 0.1) is 6.92 Å². The van der Waals surface area contributed by atoms with E-state index in [9.17, 15) is 9.59 Å². The van der Waals surface area contributed by atoms with Crippen molar-refractivity contribution in [2.75, 3.05) is 26.7 Å². The second-order valence-corrected chi connectivity index (χ2v) is 6.48. The van der Waals surface area contributed by atoms with Gasteiger partial charge in [0.15, 0.2) is 0 Å². The van der Waals surface area contributed by atoms with Crippen LogP contribution in [0.5, 0.6) is 0 Å². The molecule has 2 aromatic rings. The summed E-state index contributed by atoms with van der Waals surface area (Å²) in [6.07, 6.45) is -0.0260. The van der Waals surface area contributed by atoms with Crippen molar-refractivity contribution in [3.8, 4) is 0 Å². The van der Waals surface area contributed by atoms with E-state index in [0.717, 1.165) is 24.2 Å². The number of benzene rings is 1. The van der Waals surface area contributed by atoms with Crippen LogP contribution in [0.1, 0.15) is 12.6 Å². The predicted molar refractivity (Wildman–Crippen MR) is 95.6 cm³/mol. The maximum absolute atomic E-state index is 12.6. The summed E-state index contributed by atoms with van der Waals surface area (Å²) >= 11 is 0. The molecule has 1 aliphatic heterocycles. The quantitative estimate of drug-likeness (QED) is 0.857. The number of rotatable bonds is 5. The Labute approximate surface area is 146 Å². The van der Waals surface area contributed by atoms with Crippen LogP contribution in [0.2, 0.25) is 0 Å². The lowest BCUT2D eigenvalue weighted by Gasteiger charge is -2.20. The van der Waals surface area contributed by atoms with Crippen molar-refractivity contribution < 1.29 is 9.53 Å². The van der Waals surface area contributed by atoms with Gasteiger partial charge in [-0.2, -0.15) is 5.10 Å². The Hall–Kier alpha value is -2.25. The highest BCUT2D eigenvalue weighted by Crippen LogP contribution is 2.13. The molecule has 1 fully saturated rings. The van der Waals surface area contributed by atoms with E-state index in [4.69, 9.17) is 4.74 Å².